The number of hydrogen-bond acceptors (Lipinski definition) is 3. The molecule has 1 saturated heterocycles. The third-order valence-electron chi connectivity index (χ3n) is 4.26. The molecular weight excluding hydrogens is 240 g/mol. The first-order valence-electron chi connectivity index (χ1n) is 7.42. The smallest absolute Gasteiger partial charge is 0.236 e. The number of fused-ring (bicyclic) bond motifs is 1. The number of aryl methyl sites for hydroxylation is 1. The molecule has 0 radical (unpaired) electrons. The number of furan rings is 1. The van der Waals surface area contributed by atoms with Crippen LogP contribution in [0, 0.1) is 0 Å². The molecule has 0 aromatic carbocycles. The minimum Gasteiger partial charge on any atom is -0.469 e. The fourth-order valence-corrected chi connectivity index (χ4v) is 3.16. The van der Waals surface area contributed by atoms with Crippen LogP contribution in [0.2, 0.25) is 0 Å². The average molecular weight is 262 g/mol. The molecule has 1 fully saturated rings. The maximum absolute atomic E-state index is 12.1. The highest BCUT2D eigenvalue weighted by Gasteiger charge is 2.24. The second-order valence-electron chi connectivity index (χ2n) is 5.57. The van der Waals surface area contributed by atoms with Gasteiger partial charge >= 0.3 is 0 Å². The Balaban J connectivity index is 1.54. The maximum atomic E-state index is 12.1. The lowest BCUT2D eigenvalue weighted by molar-refractivity contribution is -0.131. The minimum atomic E-state index is 0.246. The fraction of sp³-hybridized carbons (Fsp3) is 0.667. The number of amides is 1. The van der Waals surface area contributed by atoms with Crippen LogP contribution in [-0.4, -0.2) is 30.4 Å². The predicted octanol–water partition coefficient (Wildman–Crippen LogP) is 2.26. The Morgan fingerprint density at radius 2 is 2.16 bits per heavy atom. The number of carbonyl (C=O) groups is 1. The van der Waals surface area contributed by atoms with Crippen molar-refractivity contribution < 1.29 is 9.21 Å². The van der Waals surface area contributed by atoms with Crippen LogP contribution in [-0.2, 0) is 11.2 Å². The van der Waals surface area contributed by atoms with Crippen molar-refractivity contribution in [3.05, 3.63) is 23.7 Å². The first-order chi connectivity index (χ1) is 9.34. The van der Waals surface area contributed by atoms with Gasteiger partial charge in [0.2, 0.25) is 5.91 Å². The summed E-state index contributed by atoms with van der Waals surface area (Å²) in [6.45, 7) is 2.32. The highest BCUT2D eigenvalue weighted by molar-refractivity contribution is 5.78. The van der Waals surface area contributed by atoms with Crippen LogP contribution >= 0.6 is 0 Å². The normalized spacial score (nSPS) is 23.2. The lowest BCUT2D eigenvalue weighted by atomic mass is 9.93. The van der Waals surface area contributed by atoms with Crippen LogP contribution in [0.15, 0.2) is 16.7 Å². The van der Waals surface area contributed by atoms with Crippen LogP contribution in [0.5, 0.6) is 0 Å². The average Bonchev–Trinajstić information content (AvgIpc) is 2.94. The van der Waals surface area contributed by atoms with Crippen molar-refractivity contribution in [2.24, 2.45) is 0 Å². The van der Waals surface area contributed by atoms with E-state index in [-0.39, 0.29) is 11.9 Å². The lowest BCUT2D eigenvalue weighted by Crippen LogP contribution is -2.42. The van der Waals surface area contributed by atoms with Gasteiger partial charge in [-0.05, 0) is 38.2 Å². The Hall–Kier alpha value is -1.29. The molecule has 19 heavy (non-hydrogen) atoms. The summed E-state index contributed by atoms with van der Waals surface area (Å²) >= 11 is 0. The molecular formula is C15H22N2O2. The second kappa shape index (κ2) is 5.78. The van der Waals surface area contributed by atoms with Crippen LogP contribution in [0.3, 0.4) is 0 Å². The maximum Gasteiger partial charge on any atom is 0.236 e. The van der Waals surface area contributed by atoms with Crippen molar-refractivity contribution >= 4 is 5.91 Å². The molecule has 1 amide bonds. The topological polar surface area (TPSA) is 45.5 Å². The number of hydrogen-bond donors (Lipinski definition) is 1. The zero-order valence-corrected chi connectivity index (χ0v) is 11.4. The summed E-state index contributed by atoms with van der Waals surface area (Å²) in [7, 11) is 0. The molecule has 1 aliphatic carbocycles. The van der Waals surface area contributed by atoms with Crippen LogP contribution < -0.4 is 5.32 Å². The Kier molecular flexibility index (Phi) is 3.87. The van der Waals surface area contributed by atoms with Gasteiger partial charge in [0.1, 0.15) is 5.76 Å². The molecule has 1 atom stereocenters. The molecule has 4 nitrogen and oxygen atoms in total. The molecule has 1 aromatic rings. The van der Waals surface area contributed by atoms with E-state index in [0.29, 0.717) is 6.54 Å². The van der Waals surface area contributed by atoms with E-state index in [9.17, 15) is 4.79 Å². The van der Waals surface area contributed by atoms with Crippen molar-refractivity contribution in [1.29, 1.82) is 0 Å². The van der Waals surface area contributed by atoms with Crippen molar-refractivity contribution in [3.63, 3.8) is 0 Å². The Bertz CT molecular complexity index is 435. The SMILES string of the molecule is O=C(CNC1CCCc2occc21)N1CCCCC1. The number of likely N-dealkylation sites (tertiary alicyclic amines) is 1. The summed E-state index contributed by atoms with van der Waals surface area (Å²) in [5.74, 6) is 1.34. The number of nitrogens with zero attached hydrogens (tertiary/aromatic N) is 1. The zero-order chi connectivity index (χ0) is 13.1. The molecule has 104 valence electrons. The van der Waals surface area contributed by atoms with Gasteiger partial charge in [0.15, 0.2) is 0 Å². The van der Waals surface area contributed by atoms with E-state index in [1.54, 1.807) is 6.26 Å². The van der Waals surface area contributed by atoms with E-state index in [1.807, 2.05) is 11.0 Å². The number of nitrogens with one attached hydrogen (secondary N) is 1. The Morgan fingerprint density at radius 3 is 3.00 bits per heavy atom. The summed E-state index contributed by atoms with van der Waals surface area (Å²) < 4.78 is 5.47. The predicted molar refractivity (Wildman–Crippen MR) is 72.8 cm³/mol. The summed E-state index contributed by atoms with van der Waals surface area (Å²) in [5, 5.41) is 3.41. The largest absolute Gasteiger partial charge is 0.469 e. The highest BCUT2D eigenvalue weighted by atomic mass is 16.3. The van der Waals surface area contributed by atoms with E-state index in [0.717, 1.165) is 51.0 Å². The van der Waals surface area contributed by atoms with Crippen molar-refractivity contribution in [2.45, 2.75) is 44.6 Å². The summed E-state index contributed by atoms with van der Waals surface area (Å²) in [4.78, 5) is 14.1. The first kappa shape index (κ1) is 12.7. The summed E-state index contributed by atoms with van der Waals surface area (Å²) in [6, 6.07) is 2.33. The zero-order valence-electron chi connectivity index (χ0n) is 11.4. The minimum absolute atomic E-state index is 0.246. The molecule has 0 spiro atoms. The Labute approximate surface area is 114 Å². The van der Waals surface area contributed by atoms with Crippen molar-refractivity contribution in [1.82, 2.24) is 10.2 Å². The molecule has 1 unspecified atom stereocenters. The summed E-state index contributed by atoms with van der Waals surface area (Å²) in [6.07, 6.45) is 8.59. The van der Waals surface area contributed by atoms with E-state index >= 15 is 0 Å². The van der Waals surface area contributed by atoms with Crippen LogP contribution in [0.1, 0.15) is 49.5 Å². The van der Waals surface area contributed by atoms with E-state index in [4.69, 9.17) is 4.42 Å². The molecule has 1 N–H and O–H groups in total. The monoisotopic (exact) mass is 262 g/mol. The van der Waals surface area contributed by atoms with E-state index in [2.05, 4.69) is 5.32 Å². The van der Waals surface area contributed by atoms with Gasteiger partial charge in [-0.2, -0.15) is 0 Å². The van der Waals surface area contributed by atoms with Gasteiger partial charge < -0.3 is 14.6 Å². The standard InChI is InChI=1S/C15H22N2O2/c18-15(17-8-2-1-3-9-17)11-16-13-5-4-6-14-12(13)7-10-19-14/h7,10,13,16H,1-6,8-9,11H2. The second-order valence-corrected chi connectivity index (χ2v) is 5.57. The van der Waals surface area contributed by atoms with Crippen LogP contribution in [0.25, 0.3) is 0 Å². The van der Waals surface area contributed by atoms with Gasteiger partial charge in [0.25, 0.3) is 0 Å². The molecule has 0 saturated carbocycles. The van der Waals surface area contributed by atoms with Gasteiger partial charge in [0, 0.05) is 31.1 Å². The number of rotatable bonds is 3. The van der Waals surface area contributed by atoms with Gasteiger partial charge in [-0.15, -0.1) is 0 Å². The molecule has 0 bridgehead atoms. The molecule has 4 heteroatoms. The van der Waals surface area contributed by atoms with Gasteiger partial charge in [-0.25, -0.2) is 0 Å². The fourth-order valence-electron chi connectivity index (χ4n) is 3.16. The molecule has 1 aromatic heterocycles. The van der Waals surface area contributed by atoms with E-state index in [1.165, 1.54) is 12.0 Å². The van der Waals surface area contributed by atoms with Crippen LogP contribution in [0.4, 0.5) is 0 Å². The highest BCUT2D eigenvalue weighted by Crippen LogP contribution is 2.30. The lowest BCUT2D eigenvalue weighted by Gasteiger charge is -2.28. The summed E-state index contributed by atoms with van der Waals surface area (Å²) in [5.41, 5.74) is 1.25. The van der Waals surface area contributed by atoms with Gasteiger partial charge in [0.05, 0.1) is 12.8 Å². The Morgan fingerprint density at radius 1 is 1.32 bits per heavy atom. The molecule has 1 aliphatic heterocycles. The molecule has 2 aliphatic rings. The van der Waals surface area contributed by atoms with Crippen molar-refractivity contribution in [2.75, 3.05) is 19.6 Å². The van der Waals surface area contributed by atoms with Gasteiger partial charge in [-0.1, -0.05) is 0 Å². The molecule has 3 rings (SSSR count). The number of piperidine rings is 1. The van der Waals surface area contributed by atoms with Crippen molar-refractivity contribution in [3.8, 4) is 0 Å². The van der Waals surface area contributed by atoms with Gasteiger partial charge in [-0.3, -0.25) is 4.79 Å². The third-order valence-corrected chi connectivity index (χ3v) is 4.26. The third kappa shape index (κ3) is 2.84. The number of carbonyl (C=O) groups excluding carboxylic acids is 1. The molecule has 2 heterocycles. The van der Waals surface area contributed by atoms with E-state index < -0.39 is 0 Å². The first-order valence-corrected chi connectivity index (χ1v) is 7.42. The quantitative estimate of drug-likeness (QED) is 0.909.